The van der Waals surface area contributed by atoms with Gasteiger partial charge in [0, 0.05) is 65.6 Å². The number of morpholine rings is 1. The third kappa shape index (κ3) is 25.6. The predicted octanol–water partition coefficient (Wildman–Crippen LogP) is 14.0. The highest BCUT2D eigenvalue weighted by atomic mass is 32.1. The highest BCUT2D eigenvalue weighted by molar-refractivity contribution is 7.51. The van der Waals surface area contributed by atoms with Crippen LogP contribution in [0.1, 0.15) is 113 Å². The normalized spacial score (nSPS) is 13.7. The topological polar surface area (TPSA) is 458 Å². The Morgan fingerprint density at radius 2 is 0.633 bits per heavy atom. The van der Waals surface area contributed by atoms with Gasteiger partial charge in [0.25, 0.3) is 0 Å². The summed E-state index contributed by atoms with van der Waals surface area (Å²) in [6.45, 7) is 20.6. The smallest absolute Gasteiger partial charge is 0.335 e. The van der Waals surface area contributed by atoms with E-state index >= 15 is 0 Å². The van der Waals surface area contributed by atoms with Crippen LogP contribution in [0.5, 0.6) is 46.0 Å². The number of benzene rings is 8. The number of rotatable bonds is 27. The summed E-state index contributed by atoms with van der Waals surface area (Å²) in [5, 5.41) is 0. The van der Waals surface area contributed by atoms with E-state index in [9.17, 15) is 36.7 Å². The first kappa shape index (κ1) is 98.4. The maximum absolute atomic E-state index is 14.9. The Morgan fingerprint density at radius 1 is 0.360 bits per heavy atom. The van der Waals surface area contributed by atoms with Gasteiger partial charge in [-0.15, -0.1) is 0 Å². The lowest BCUT2D eigenvalue weighted by atomic mass is 9.93. The number of nitrogens with two attached hydrogens (primary N) is 4. The number of aromatic amines is 4. The minimum absolute atomic E-state index is 0.110. The summed E-state index contributed by atoms with van der Waals surface area (Å²) in [5.41, 5.74) is 32.3. The molecular weight excluding hydrogens is 1810 g/mol. The number of fused-ring (bicyclic) bond motifs is 4. The van der Waals surface area contributed by atoms with Crippen molar-refractivity contribution in [2.45, 2.75) is 125 Å². The van der Waals surface area contributed by atoms with Gasteiger partial charge in [0.05, 0.1) is 39.4 Å². The van der Waals surface area contributed by atoms with Gasteiger partial charge < -0.3 is 76.2 Å². The van der Waals surface area contributed by atoms with Crippen LogP contribution in [0.3, 0.4) is 0 Å². The molecule has 16 aromatic rings. The Morgan fingerprint density at radius 3 is 0.928 bits per heavy atom. The SMILES string of the molecule is CCCCCc1ccc(Oc2ccc(Cn3c(=O)[nH]c4c(N)nc(C)nc43)cc2F)cc1.Cc1nc(N)c2[nH]c(=O)n(Cc3ccc(Oc4ccc(CCC5CCOCC5)cc4)c(F)c3)c2n1.Cc1nc(N)c2[nH]c(=O)n(Cc3ccc(Oc4ccc(CN5CCN(C)CC5)cc4)c(F)c3)c2n1.Cc1nc(N)c2[nH]c(=O)n(Cc3ccc(Oc4ccc(CN5CCOCC5)cc4)c(F)c3)c2n1.O=S=O. The third-order valence-electron chi connectivity index (χ3n) is 23.8. The van der Waals surface area contributed by atoms with Crippen LogP contribution >= 0.6 is 0 Å². The second-order valence-electron chi connectivity index (χ2n) is 34.1. The monoisotopic (exact) mass is 1920 g/mol. The van der Waals surface area contributed by atoms with Crippen molar-refractivity contribution >= 4 is 79.5 Å². The molecule has 724 valence electrons. The van der Waals surface area contributed by atoms with Gasteiger partial charge in [-0.1, -0.05) is 92.6 Å². The standard InChI is InChI=1S/C26H28FN5O3.C25H28FN7O2.C24H25FN6O3.C24H26FN5O2.O2S/c1-16-29-24(28)23-25(30-16)32(26(33)31-23)15-19-6-9-22(21(27)14-19)35-20-7-4-17(5-8-20)2-3-18-10-12-34-13-11-18;1-16-28-23(27)22-24(29-16)33(25(34)30-22)15-18-5-8-21(20(26)13-18)35-19-6-3-17(4-7-19)14-32-11-9-31(2)10-12-32;1-15-27-22(26)21-23(28-15)31(24(32)29-21)14-17-4-7-20(19(25)12-17)34-18-5-2-16(3-6-18)13-30-8-10-33-11-9-30;1-3-4-5-6-16-7-10-18(11-8-16)32-20-12-9-17(13-19(20)25)14-30-23-21(29-24(30)31)22(26)27-15(2)28-23;1-3-2/h4-9,14,18H,2-3,10-13,15H2,1H3,(H,31,33)(H2,28,29,30);3-8,13H,9-12,14-15H2,1-2H3,(H,30,34)(H2,27,28,29);2-7,12H,8-11,13-14H2,1H3,(H,29,32)(H2,26,27,28);7-13H,3-6,14H2,1-2H3,(H,29,31)(H2,26,27,28);. The van der Waals surface area contributed by atoms with Crippen molar-refractivity contribution in [1.29, 1.82) is 0 Å². The van der Waals surface area contributed by atoms with Crippen molar-refractivity contribution < 1.29 is 54.4 Å². The Labute approximate surface area is 798 Å². The summed E-state index contributed by atoms with van der Waals surface area (Å²) in [5.74, 6) is 4.02. The van der Waals surface area contributed by atoms with Gasteiger partial charge >= 0.3 is 34.3 Å². The molecule has 139 heavy (non-hydrogen) atoms. The van der Waals surface area contributed by atoms with E-state index in [1.54, 1.807) is 76.2 Å². The largest absolute Gasteiger partial charge is 0.454 e. The van der Waals surface area contributed by atoms with Gasteiger partial charge in [-0.3, -0.25) is 28.1 Å². The van der Waals surface area contributed by atoms with Crippen LogP contribution in [0.4, 0.5) is 40.8 Å². The first-order valence-electron chi connectivity index (χ1n) is 45.5. The van der Waals surface area contributed by atoms with E-state index < -0.39 is 34.8 Å². The second kappa shape index (κ2) is 45.7. The van der Waals surface area contributed by atoms with Gasteiger partial charge in [0.1, 0.15) is 68.4 Å². The molecule has 35 nitrogen and oxygen atoms in total. The molecular formula is C99H107F4N23O12S. The zero-order chi connectivity index (χ0) is 97.9. The number of hydrogen-bond acceptors (Lipinski definition) is 27. The van der Waals surface area contributed by atoms with E-state index in [2.05, 4.69) is 88.5 Å². The van der Waals surface area contributed by atoms with Crippen molar-refractivity contribution in [2.75, 3.05) is 95.7 Å². The van der Waals surface area contributed by atoms with Crippen molar-refractivity contribution in [3.8, 4) is 46.0 Å². The van der Waals surface area contributed by atoms with E-state index in [0.29, 0.717) is 113 Å². The van der Waals surface area contributed by atoms with Crippen LogP contribution in [0.25, 0.3) is 44.7 Å². The number of aryl methyl sites for hydroxylation is 6. The average Bonchev–Trinajstić information content (AvgIpc) is 1.65. The summed E-state index contributed by atoms with van der Waals surface area (Å²) in [4.78, 5) is 101. The number of halogens is 4. The number of aromatic nitrogens is 16. The van der Waals surface area contributed by atoms with Crippen LogP contribution in [0, 0.1) is 56.9 Å². The van der Waals surface area contributed by atoms with Crippen LogP contribution in [0.15, 0.2) is 189 Å². The number of imidazole rings is 4. The van der Waals surface area contributed by atoms with Crippen molar-refractivity contribution in [3.63, 3.8) is 0 Å². The van der Waals surface area contributed by atoms with Crippen molar-refractivity contribution in [3.05, 3.63) is 303 Å². The molecule has 0 bridgehead atoms. The van der Waals surface area contributed by atoms with E-state index in [1.807, 2.05) is 97.1 Å². The number of ether oxygens (including phenoxy) is 6. The molecule has 3 fully saturated rings. The molecule has 11 heterocycles. The van der Waals surface area contributed by atoms with E-state index in [0.717, 1.165) is 129 Å². The Hall–Kier alpha value is -15.1. The molecule has 0 aliphatic carbocycles. The molecule has 8 aromatic heterocycles. The summed E-state index contributed by atoms with van der Waals surface area (Å²) in [6.07, 6.45) is 9.01. The Kier molecular flexibility index (Phi) is 32.4. The summed E-state index contributed by atoms with van der Waals surface area (Å²) in [6, 6.07) is 49.5. The van der Waals surface area contributed by atoms with Crippen LogP contribution in [-0.2, 0) is 73.2 Å². The van der Waals surface area contributed by atoms with Crippen molar-refractivity contribution in [1.82, 2.24) is 92.8 Å². The number of unbranched alkanes of at least 4 members (excludes halogenated alkanes) is 2. The lowest BCUT2D eigenvalue weighted by molar-refractivity contribution is 0.0342. The maximum atomic E-state index is 14.9. The second-order valence-corrected chi connectivity index (χ2v) is 34.3. The minimum Gasteiger partial charge on any atom is -0.454 e. The molecule has 0 saturated carbocycles. The molecule has 3 aliphatic rings. The van der Waals surface area contributed by atoms with Gasteiger partial charge in [0.15, 0.2) is 92.1 Å². The number of anilines is 4. The fourth-order valence-electron chi connectivity index (χ4n) is 16.4. The fraction of sp³-hybridized carbons (Fsp3) is 0.313. The number of hydrogen-bond donors (Lipinski definition) is 8. The molecule has 19 rings (SSSR count). The zero-order valence-electron chi connectivity index (χ0n) is 77.6. The number of nitrogens with zero attached hydrogens (tertiary/aromatic N) is 15. The Balaban J connectivity index is 0.000000139. The van der Waals surface area contributed by atoms with Crippen molar-refractivity contribution in [2.24, 2.45) is 5.92 Å². The van der Waals surface area contributed by atoms with Crippen LogP contribution < -0.4 is 64.6 Å². The van der Waals surface area contributed by atoms with Gasteiger partial charge in [0.2, 0.25) is 0 Å². The molecule has 3 aliphatic heterocycles. The van der Waals surface area contributed by atoms with Gasteiger partial charge in [-0.2, -0.15) is 8.42 Å². The molecule has 40 heteroatoms. The van der Waals surface area contributed by atoms with E-state index in [-0.39, 0.29) is 95.2 Å². The predicted molar refractivity (Wildman–Crippen MR) is 520 cm³/mol. The van der Waals surface area contributed by atoms with Crippen LogP contribution in [0.2, 0.25) is 0 Å². The molecule has 12 N–H and O–H groups in total. The minimum atomic E-state index is -0.750. The van der Waals surface area contributed by atoms with E-state index in [4.69, 9.17) is 59.8 Å². The number of H-pyrrole nitrogens is 4. The number of piperazine rings is 1. The van der Waals surface area contributed by atoms with E-state index in [1.165, 1.54) is 72.1 Å². The fourth-order valence-corrected chi connectivity index (χ4v) is 16.4. The van der Waals surface area contributed by atoms with Crippen LogP contribution in [-0.4, -0.2) is 174 Å². The molecule has 0 radical (unpaired) electrons. The molecule has 0 unspecified atom stereocenters. The molecule has 0 spiro atoms. The molecule has 0 atom stereocenters. The average molecular weight is 1920 g/mol. The molecule has 8 aromatic carbocycles. The number of nitrogens with one attached hydrogen (secondary N) is 4. The summed E-state index contributed by atoms with van der Waals surface area (Å²) < 4.78 is 115. The zero-order valence-corrected chi connectivity index (χ0v) is 78.4. The molecule has 3 saturated heterocycles. The maximum Gasteiger partial charge on any atom is 0.335 e. The lowest BCUT2D eigenvalue weighted by Gasteiger charge is -2.32. The molecule has 0 amide bonds. The quantitative estimate of drug-likeness (QED) is 0.0175. The van der Waals surface area contributed by atoms with Gasteiger partial charge in [-0.25, -0.2) is 76.6 Å². The third-order valence-corrected chi connectivity index (χ3v) is 23.8. The van der Waals surface area contributed by atoms with Gasteiger partial charge in [-0.05, 0) is 221 Å². The number of likely N-dealkylation sites (N-methyl/N-ethyl adjacent to an activating group) is 1. The summed E-state index contributed by atoms with van der Waals surface area (Å²) in [7, 11) is 2.14. The highest BCUT2D eigenvalue weighted by Crippen LogP contribution is 2.34. The highest BCUT2D eigenvalue weighted by Gasteiger charge is 2.24. The first-order chi connectivity index (χ1) is 67.1. The number of nitrogen functional groups attached to an aromatic ring is 4. The lowest BCUT2D eigenvalue weighted by Crippen LogP contribution is -2.43. The summed E-state index contributed by atoms with van der Waals surface area (Å²) >= 11 is -0.750. The Bertz CT molecular complexity index is 7290. The first-order valence-corrected chi connectivity index (χ1v) is 46.1.